The van der Waals surface area contributed by atoms with Gasteiger partial charge in [-0.2, -0.15) is 0 Å². The summed E-state index contributed by atoms with van der Waals surface area (Å²) < 4.78 is 0. The Labute approximate surface area is 119 Å². The summed E-state index contributed by atoms with van der Waals surface area (Å²) in [6.45, 7) is 4.92. The van der Waals surface area contributed by atoms with Crippen LogP contribution in [-0.2, 0) is 0 Å². The first-order chi connectivity index (χ1) is 9.56. The maximum atomic E-state index is 9.68. The summed E-state index contributed by atoms with van der Waals surface area (Å²) in [6, 6.07) is 0. The van der Waals surface area contributed by atoms with Gasteiger partial charge in [0.05, 0.1) is 12.7 Å². The second kappa shape index (κ2) is 9.59. The van der Waals surface area contributed by atoms with E-state index in [2.05, 4.69) is 15.5 Å². The molecule has 0 aromatic heterocycles. The smallest absolute Gasteiger partial charge is 0.111 e. The van der Waals surface area contributed by atoms with Crippen molar-refractivity contribution in [1.29, 1.82) is 0 Å². The molecule has 1 fully saturated rings. The summed E-state index contributed by atoms with van der Waals surface area (Å²) in [4.78, 5) is 2.29. The monoisotopic (exact) mass is 293 g/mol. The number of aliphatic hydroxyl groups is 5. The normalized spacial score (nSPS) is 23.2. The Hall–Kier alpha value is -0.320. The molecule has 4 atom stereocenters. The van der Waals surface area contributed by atoms with Gasteiger partial charge >= 0.3 is 0 Å². The van der Waals surface area contributed by atoms with Crippen LogP contribution in [0.3, 0.4) is 0 Å². The fraction of sp³-hybridized carbons (Fsp3) is 1.00. The SMILES string of the molecule is OC[C@@H](O)[C@@H](O)[C@H](O)[C@@H](O)CNCCN1CCNCC1. The van der Waals surface area contributed by atoms with Crippen LogP contribution in [0, 0.1) is 0 Å². The fourth-order valence-electron chi connectivity index (χ4n) is 2.11. The molecular formula is C12H27N3O5. The Morgan fingerprint density at radius 1 is 1.00 bits per heavy atom. The molecule has 0 unspecified atom stereocenters. The van der Waals surface area contributed by atoms with Crippen LogP contribution >= 0.6 is 0 Å². The number of hydrogen-bond donors (Lipinski definition) is 7. The third kappa shape index (κ3) is 5.98. The molecule has 0 bridgehead atoms. The Bertz CT molecular complexity index is 253. The molecule has 7 N–H and O–H groups in total. The first kappa shape index (κ1) is 17.7. The van der Waals surface area contributed by atoms with E-state index in [4.69, 9.17) is 5.11 Å². The van der Waals surface area contributed by atoms with E-state index in [0.717, 1.165) is 32.7 Å². The minimum absolute atomic E-state index is 0.114. The Kier molecular flexibility index (Phi) is 8.50. The van der Waals surface area contributed by atoms with Gasteiger partial charge in [0.1, 0.15) is 18.3 Å². The van der Waals surface area contributed by atoms with Gasteiger partial charge in [-0.05, 0) is 0 Å². The van der Waals surface area contributed by atoms with Crippen LogP contribution in [0.25, 0.3) is 0 Å². The van der Waals surface area contributed by atoms with E-state index in [1.807, 2.05) is 0 Å². The highest BCUT2D eigenvalue weighted by atomic mass is 16.4. The molecule has 0 amide bonds. The van der Waals surface area contributed by atoms with Crippen LogP contribution in [0.15, 0.2) is 0 Å². The van der Waals surface area contributed by atoms with Gasteiger partial charge < -0.3 is 36.2 Å². The molecule has 20 heavy (non-hydrogen) atoms. The predicted octanol–water partition coefficient (Wildman–Crippen LogP) is -4.08. The minimum atomic E-state index is -1.56. The molecule has 1 heterocycles. The Morgan fingerprint density at radius 2 is 1.60 bits per heavy atom. The first-order valence-electron chi connectivity index (χ1n) is 7.03. The van der Waals surface area contributed by atoms with Gasteiger partial charge in [-0.1, -0.05) is 0 Å². The van der Waals surface area contributed by atoms with Crippen molar-refractivity contribution in [2.24, 2.45) is 0 Å². The lowest BCUT2D eigenvalue weighted by molar-refractivity contribution is -0.113. The van der Waals surface area contributed by atoms with Crippen molar-refractivity contribution >= 4 is 0 Å². The standard InChI is InChI=1S/C12H27N3O5/c16-8-10(18)12(20)11(19)9(17)7-14-3-6-15-4-1-13-2-5-15/h9-14,16-20H,1-8H2/t9-,10+,11+,12+/m0/s1. The number of piperazine rings is 1. The third-order valence-corrected chi connectivity index (χ3v) is 3.49. The number of rotatable bonds is 9. The zero-order valence-electron chi connectivity index (χ0n) is 11.6. The van der Waals surface area contributed by atoms with Crippen molar-refractivity contribution in [1.82, 2.24) is 15.5 Å². The van der Waals surface area contributed by atoms with E-state index >= 15 is 0 Å². The van der Waals surface area contributed by atoms with Gasteiger partial charge in [0.15, 0.2) is 0 Å². The van der Waals surface area contributed by atoms with Gasteiger partial charge in [0.2, 0.25) is 0 Å². The largest absolute Gasteiger partial charge is 0.394 e. The van der Waals surface area contributed by atoms with E-state index in [0.29, 0.717) is 6.54 Å². The van der Waals surface area contributed by atoms with Crippen molar-refractivity contribution in [2.45, 2.75) is 24.4 Å². The van der Waals surface area contributed by atoms with Crippen LogP contribution < -0.4 is 10.6 Å². The highest BCUT2D eigenvalue weighted by Gasteiger charge is 2.29. The second-order valence-electron chi connectivity index (χ2n) is 5.09. The number of aliphatic hydroxyl groups excluding tert-OH is 5. The van der Waals surface area contributed by atoms with Crippen molar-refractivity contribution in [3.63, 3.8) is 0 Å². The average molecular weight is 293 g/mol. The summed E-state index contributed by atoms with van der Waals surface area (Å²) in [5.74, 6) is 0. The summed E-state index contributed by atoms with van der Waals surface area (Å²) in [5, 5.41) is 52.8. The molecule has 0 aromatic rings. The van der Waals surface area contributed by atoms with Crippen molar-refractivity contribution in [3.8, 4) is 0 Å². The van der Waals surface area contributed by atoms with Crippen molar-refractivity contribution in [3.05, 3.63) is 0 Å². The third-order valence-electron chi connectivity index (χ3n) is 3.49. The maximum Gasteiger partial charge on any atom is 0.111 e. The molecule has 8 heteroatoms. The van der Waals surface area contributed by atoms with Crippen LogP contribution in [-0.4, -0.2) is 107 Å². The Balaban J connectivity index is 2.13. The first-order valence-corrected chi connectivity index (χ1v) is 7.03. The molecule has 1 aliphatic heterocycles. The minimum Gasteiger partial charge on any atom is -0.394 e. The molecule has 1 saturated heterocycles. The zero-order valence-corrected chi connectivity index (χ0v) is 11.6. The zero-order chi connectivity index (χ0) is 15.0. The molecule has 0 saturated carbocycles. The maximum absolute atomic E-state index is 9.68. The topological polar surface area (TPSA) is 128 Å². The van der Waals surface area contributed by atoms with E-state index in [1.165, 1.54) is 0 Å². The van der Waals surface area contributed by atoms with Gasteiger partial charge in [-0.3, -0.25) is 4.90 Å². The summed E-state index contributed by atoms with van der Waals surface area (Å²) >= 11 is 0. The molecular weight excluding hydrogens is 266 g/mol. The van der Waals surface area contributed by atoms with E-state index in [1.54, 1.807) is 0 Å². The van der Waals surface area contributed by atoms with Crippen LogP contribution in [0.4, 0.5) is 0 Å². The molecule has 0 aromatic carbocycles. The molecule has 0 radical (unpaired) electrons. The van der Waals surface area contributed by atoms with Gasteiger partial charge in [-0.25, -0.2) is 0 Å². The molecule has 1 rings (SSSR count). The van der Waals surface area contributed by atoms with Gasteiger partial charge in [-0.15, -0.1) is 0 Å². The van der Waals surface area contributed by atoms with E-state index in [-0.39, 0.29) is 6.54 Å². The van der Waals surface area contributed by atoms with Gasteiger partial charge in [0.25, 0.3) is 0 Å². The number of nitrogens with one attached hydrogen (secondary N) is 2. The van der Waals surface area contributed by atoms with E-state index in [9.17, 15) is 20.4 Å². The quantitative estimate of drug-likeness (QED) is 0.214. The molecule has 0 aliphatic carbocycles. The molecule has 8 nitrogen and oxygen atoms in total. The number of nitrogens with zero attached hydrogens (tertiary/aromatic N) is 1. The lowest BCUT2D eigenvalue weighted by atomic mass is 10.0. The average Bonchev–Trinajstić information content (AvgIpc) is 2.50. The highest BCUT2D eigenvalue weighted by Crippen LogP contribution is 2.04. The lowest BCUT2D eigenvalue weighted by Gasteiger charge is -2.28. The molecule has 120 valence electrons. The van der Waals surface area contributed by atoms with Crippen molar-refractivity contribution < 1.29 is 25.5 Å². The van der Waals surface area contributed by atoms with Crippen LogP contribution in [0.2, 0.25) is 0 Å². The Morgan fingerprint density at radius 3 is 2.20 bits per heavy atom. The van der Waals surface area contributed by atoms with Crippen molar-refractivity contribution in [2.75, 3.05) is 52.4 Å². The lowest BCUT2D eigenvalue weighted by Crippen LogP contribution is -2.50. The fourth-order valence-corrected chi connectivity index (χ4v) is 2.11. The number of hydrogen-bond acceptors (Lipinski definition) is 8. The van der Waals surface area contributed by atoms with Gasteiger partial charge in [0, 0.05) is 45.8 Å². The predicted molar refractivity (Wildman–Crippen MR) is 73.3 cm³/mol. The summed E-state index contributed by atoms with van der Waals surface area (Å²) in [5.41, 5.74) is 0. The summed E-state index contributed by atoms with van der Waals surface area (Å²) in [6.07, 6.45) is -5.72. The van der Waals surface area contributed by atoms with E-state index < -0.39 is 31.0 Å². The van der Waals surface area contributed by atoms with Crippen LogP contribution in [0.5, 0.6) is 0 Å². The molecule has 1 aliphatic rings. The van der Waals surface area contributed by atoms with Crippen LogP contribution in [0.1, 0.15) is 0 Å². The second-order valence-corrected chi connectivity index (χ2v) is 5.09. The summed E-state index contributed by atoms with van der Waals surface area (Å²) in [7, 11) is 0. The molecule has 0 spiro atoms. The highest BCUT2D eigenvalue weighted by molar-refractivity contribution is 4.81.